The van der Waals surface area contributed by atoms with Crippen LogP contribution in [0.25, 0.3) is 0 Å². The van der Waals surface area contributed by atoms with Crippen molar-refractivity contribution in [2.75, 3.05) is 7.11 Å². The molecule has 1 unspecified atom stereocenters. The standard InChI is InChI=1S/C21H36O4Si/c1-14(2)20(15(3)4)21(22-8,25-24-20)17-13-11-12-16(19(5,6)7)18(17)23-26(9)10/h11-15,26H,1-10H3. The highest BCUT2D eigenvalue weighted by molar-refractivity contribution is 6.49. The lowest BCUT2D eigenvalue weighted by Crippen LogP contribution is -2.71. The van der Waals surface area contributed by atoms with Crippen molar-refractivity contribution in [2.24, 2.45) is 11.8 Å². The molecule has 1 aliphatic rings. The Balaban J connectivity index is 2.76. The van der Waals surface area contributed by atoms with Gasteiger partial charge in [-0.2, -0.15) is 4.89 Å². The highest BCUT2D eigenvalue weighted by Gasteiger charge is 2.70. The van der Waals surface area contributed by atoms with Crippen molar-refractivity contribution in [3.63, 3.8) is 0 Å². The normalized spacial score (nSPS) is 22.8. The first-order chi connectivity index (χ1) is 11.9. The lowest BCUT2D eigenvalue weighted by atomic mass is 9.69. The van der Waals surface area contributed by atoms with Crippen molar-refractivity contribution < 1.29 is 18.9 Å². The van der Waals surface area contributed by atoms with Gasteiger partial charge < -0.3 is 9.16 Å². The summed E-state index contributed by atoms with van der Waals surface area (Å²) in [5.41, 5.74) is 1.48. The Labute approximate surface area is 160 Å². The van der Waals surface area contributed by atoms with Crippen LogP contribution >= 0.6 is 0 Å². The van der Waals surface area contributed by atoms with Crippen LogP contribution < -0.4 is 4.43 Å². The van der Waals surface area contributed by atoms with E-state index in [4.69, 9.17) is 18.9 Å². The minimum Gasteiger partial charge on any atom is -0.546 e. The van der Waals surface area contributed by atoms with Crippen LogP contribution in [-0.4, -0.2) is 21.8 Å². The summed E-state index contributed by atoms with van der Waals surface area (Å²) < 4.78 is 12.5. The van der Waals surface area contributed by atoms with Crippen LogP contribution in [0.1, 0.15) is 59.6 Å². The first kappa shape index (κ1) is 21.4. The number of methoxy groups -OCH3 is 1. The van der Waals surface area contributed by atoms with Crippen LogP contribution in [0.3, 0.4) is 0 Å². The molecule has 1 atom stereocenters. The van der Waals surface area contributed by atoms with Crippen molar-refractivity contribution in [1.82, 2.24) is 0 Å². The Kier molecular flexibility index (Phi) is 5.98. The van der Waals surface area contributed by atoms with Gasteiger partial charge in [0.15, 0.2) is 5.60 Å². The predicted molar refractivity (Wildman–Crippen MR) is 108 cm³/mol. The fraction of sp³-hybridized carbons (Fsp3) is 0.714. The molecule has 2 rings (SSSR count). The SMILES string of the molecule is COC1(c2cccc(C(C)(C)C)c2O[SiH](C)C)OOC1(C(C)C)C(C)C. The highest BCUT2D eigenvalue weighted by atomic mass is 28.3. The van der Waals surface area contributed by atoms with Crippen LogP contribution in [0.4, 0.5) is 0 Å². The summed E-state index contributed by atoms with van der Waals surface area (Å²) in [6, 6.07) is 6.27. The summed E-state index contributed by atoms with van der Waals surface area (Å²) >= 11 is 0. The molecule has 148 valence electrons. The van der Waals surface area contributed by atoms with Crippen LogP contribution in [-0.2, 0) is 25.7 Å². The fourth-order valence-electron chi connectivity index (χ4n) is 4.14. The smallest absolute Gasteiger partial charge is 0.264 e. The first-order valence-corrected chi connectivity index (χ1v) is 12.4. The second-order valence-corrected chi connectivity index (χ2v) is 11.5. The molecule has 4 nitrogen and oxygen atoms in total. The molecule has 0 amide bonds. The third-order valence-electron chi connectivity index (χ3n) is 5.35. The Morgan fingerprint density at radius 2 is 1.58 bits per heavy atom. The van der Waals surface area contributed by atoms with Crippen LogP contribution in [0.5, 0.6) is 5.75 Å². The Morgan fingerprint density at radius 1 is 1.00 bits per heavy atom. The zero-order valence-corrected chi connectivity index (χ0v) is 19.3. The number of benzene rings is 1. The van der Waals surface area contributed by atoms with E-state index >= 15 is 0 Å². The van der Waals surface area contributed by atoms with Gasteiger partial charge in [-0.25, -0.2) is 4.89 Å². The molecule has 1 aromatic carbocycles. The van der Waals surface area contributed by atoms with E-state index < -0.39 is 20.4 Å². The van der Waals surface area contributed by atoms with E-state index in [-0.39, 0.29) is 17.3 Å². The zero-order chi connectivity index (χ0) is 19.9. The third-order valence-corrected chi connectivity index (χ3v) is 6.05. The molecule has 5 heteroatoms. The lowest BCUT2D eigenvalue weighted by molar-refractivity contribution is -0.634. The van der Waals surface area contributed by atoms with E-state index in [9.17, 15) is 0 Å². The second kappa shape index (κ2) is 7.27. The van der Waals surface area contributed by atoms with Crippen LogP contribution in [0.15, 0.2) is 18.2 Å². The van der Waals surface area contributed by atoms with Gasteiger partial charge in [-0.15, -0.1) is 0 Å². The lowest BCUT2D eigenvalue weighted by Gasteiger charge is -2.59. The van der Waals surface area contributed by atoms with Gasteiger partial charge in [-0.3, -0.25) is 0 Å². The van der Waals surface area contributed by atoms with E-state index in [1.165, 1.54) is 5.56 Å². The van der Waals surface area contributed by atoms with E-state index in [0.29, 0.717) is 0 Å². The molecule has 0 N–H and O–H groups in total. The zero-order valence-electron chi connectivity index (χ0n) is 18.1. The van der Waals surface area contributed by atoms with Crippen LogP contribution in [0.2, 0.25) is 13.1 Å². The van der Waals surface area contributed by atoms with Gasteiger partial charge >= 0.3 is 0 Å². The maximum Gasteiger partial charge on any atom is 0.264 e. The van der Waals surface area contributed by atoms with Crippen molar-refractivity contribution in [3.8, 4) is 5.75 Å². The van der Waals surface area contributed by atoms with Gasteiger partial charge in [0.1, 0.15) is 5.75 Å². The summed E-state index contributed by atoms with van der Waals surface area (Å²) in [5, 5.41) is 0. The minimum atomic E-state index is -1.34. The molecule has 1 saturated heterocycles. The molecule has 0 bridgehead atoms. The van der Waals surface area contributed by atoms with Gasteiger partial charge in [-0.1, -0.05) is 60.6 Å². The number of rotatable bonds is 6. The molecule has 1 aromatic rings. The maximum absolute atomic E-state index is 6.46. The number of hydrogen-bond acceptors (Lipinski definition) is 4. The van der Waals surface area contributed by atoms with Gasteiger partial charge in [0.25, 0.3) is 5.79 Å². The minimum absolute atomic E-state index is 0.0491. The molecule has 0 saturated carbocycles. The Bertz CT molecular complexity index is 621. The number of hydrogen-bond donors (Lipinski definition) is 0. The summed E-state index contributed by atoms with van der Waals surface area (Å²) in [5.74, 6) is 0.338. The Morgan fingerprint density at radius 3 is 1.92 bits per heavy atom. The highest BCUT2D eigenvalue weighted by Crippen LogP contribution is 2.59. The summed E-state index contributed by atoms with van der Waals surface area (Å²) in [4.78, 5) is 11.6. The number of ether oxygens (including phenoxy) is 1. The summed E-state index contributed by atoms with van der Waals surface area (Å²) in [7, 11) is 0.358. The van der Waals surface area contributed by atoms with E-state index in [0.717, 1.165) is 11.3 Å². The third kappa shape index (κ3) is 3.13. The average molecular weight is 381 g/mol. The van der Waals surface area contributed by atoms with Gasteiger partial charge in [0, 0.05) is 7.11 Å². The molecule has 0 aliphatic carbocycles. The van der Waals surface area contributed by atoms with Crippen LogP contribution in [0, 0.1) is 11.8 Å². The Hall–Kier alpha value is -0.883. The molecule has 26 heavy (non-hydrogen) atoms. The van der Waals surface area contributed by atoms with E-state index in [2.05, 4.69) is 79.8 Å². The van der Waals surface area contributed by atoms with Gasteiger partial charge in [0.05, 0.1) is 5.56 Å². The molecule has 0 aromatic heterocycles. The van der Waals surface area contributed by atoms with Crippen molar-refractivity contribution in [3.05, 3.63) is 29.3 Å². The van der Waals surface area contributed by atoms with E-state index in [1.54, 1.807) is 7.11 Å². The fourth-order valence-corrected chi connectivity index (χ4v) is 4.87. The summed E-state index contributed by atoms with van der Waals surface area (Å²) in [6.07, 6.45) is 0. The van der Waals surface area contributed by atoms with Crippen molar-refractivity contribution in [2.45, 2.75) is 78.4 Å². The first-order valence-electron chi connectivity index (χ1n) is 9.66. The second-order valence-electron chi connectivity index (χ2n) is 9.19. The molecular formula is C21H36O4Si. The summed E-state index contributed by atoms with van der Waals surface area (Å²) in [6.45, 7) is 19.6. The van der Waals surface area contributed by atoms with Crippen molar-refractivity contribution in [1.29, 1.82) is 0 Å². The van der Waals surface area contributed by atoms with Gasteiger partial charge in [0.2, 0.25) is 9.04 Å². The molecule has 1 heterocycles. The predicted octanol–water partition coefficient (Wildman–Crippen LogP) is 5.16. The largest absolute Gasteiger partial charge is 0.546 e. The van der Waals surface area contributed by atoms with Crippen molar-refractivity contribution >= 4 is 9.04 Å². The van der Waals surface area contributed by atoms with E-state index in [1.807, 2.05) is 0 Å². The number of para-hydroxylation sites is 1. The quantitative estimate of drug-likeness (QED) is 0.505. The molecule has 0 radical (unpaired) electrons. The molecule has 1 fully saturated rings. The topological polar surface area (TPSA) is 36.9 Å². The molecule has 1 aliphatic heterocycles. The molecular weight excluding hydrogens is 344 g/mol. The molecule has 0 spiro atoms. The van der Waals surface area contributed by atoms with Gasteiger partial charge in [-0.05, 0) is 42.0 Å². The average Bonchev–Trinajstić information content (AvgIpc) is 2.46. The monoisotopic (exact) mass is 380 g/mol. The maximum atomic E-state index is 6.46.